The van der Waals surface area contributed by atoms with Gasteiger partial charge in [0.25, 0.3) is 0 Å². The molecule has 0 aromatic rings. The van der Waals surface area contributed by atoms with E-state index >= 15 is 0 Å². The van der Waals surface area contributed by atoms with Crippen molar-refractivity contribution >= 4 is 13.8 Å². The fourth-order valence-corrected chi connectivity index (χ4v) is 3.38. The predicted molar refractivity (Wildman–Crippen MR) is 119 cm³/mol. The van der Waals surface area contributed by atoms with Gasteiger partial charge in [-0.15, -0.1) is 0 Å². The Hall–Kier alpha value is -0.720. The van der Waals surface area contributed by atoms with Gasteiger partial charge in [-0.3, -0.25) is 9.32 Å². The number of phosphoric acid groups is 1. The van der Waals surface area contributed by atoms with E-state index < -0.39 is 26.5 Å². The van der Waals surface area contributed by atoms with Gasteiger partial charge in [-0.2, -0.15) is 0 Å². The smallest absolute Gasteiger partial charge is 0.463 e. The number of hydrogen-bond donors (Lipinski definition) is 3. The van der Waals surface area contributed by atoms with Crippen LogP contribution in [0.15, 0.2) is 12.2 Å². The molecule has 0 heterocycles. The maximum absolute atomic E-state index is 11.6. The van der Waals surface area contributed by atoms with E-state index in [1.54, 1.807) is 0 Å². The number of aliphatic hydroxyl groups is 1. The topological polar surface area (TPSA) is 113 Å². The van der Waals surface area contributed by atoms with Gasteiger partial charge in [-0.05, 0) is 32.1 Å². The third-order valence-corrected chi connectivity index (χ3v) is 5.25. The molecule has 178 valence electrons. The fraction of sp³-hybridized carbons (Fsp3) is 0.864. The molecule has 0 saturated heterocycles. The third-order valence-electron chi connectivity index (χ3n) is 4.76. The molecular weight excluding hydrogens is 407 g/mol. The van der Waals surface area contributed by atoms with E-state index in [1.807, 2.05) is 0 Å². The number of carbonyl (C=O) groups excluding carboxylic acids is 1. The fourth-order valence-electron chi connectivity index (χ4n) is 3.01. The SMILES string of the molecule is CCCCCCCCC/C=C\CCCCCCCC(=O)OC[C@@H](O)COP(=O)(O)O. The molecule has 0 aliphatic heterocycles. The number of esters is 1. The van der Waals surface area contributed by atoms with E-state index in [-0.39, 0.29) is 13.0 Å². The van der Waals surface area contributed by atoms with E-state index in [0.29, 0.717) is 0 Å². The lowest BCUT2D eigenvalue weighted by atomic mass is 10.1. The number of allylic oxidation sites excluding steroid dienone is 2. The van der Waals surface area contributed by atoms with Crippen LogP contribution in [-0.2, 0) is 18.6 Å². The summed E-state index contributed by atoms with van der Waals surface area (Å²) >= 11 is 0. The van der Waals surface area contributed by atoms with Crippen LogP contribution in [0.25, 0.3) is 0 Å². The van der Waals surface area contributed by atoms with Crippen LogP contribution in [-0.4, -0.2) is 40.2 Å². The van der Waals surface area contributed by atoms with Gasteiger partial charge in [-0.25, -0.2) is 4.57 Å². The van der Waals surface area contributed by atoms with E-state index in [4.69, 9.17) is 14.5 Å². The zero-order valence-corrected chi connectivity index (χ0v) is 19.6. The molecule has 0 fully saturated rings. The Balaban J connectivity index is 3.36. The van der Waals surface area contributed by atoms with E-state index in [2.05, 4.69) is 23.6 Å². The first-order valence-corrected chi connectivity index (χ1v) is 13.1. The van der Waals surface area contributed by atoms with Crippen molar-refractivity contribution in [2.45, 2.75) is 109 Å². The van der Waals surface area contributed by atoms with Crippen LogP contribution < -0.4 is 0 Å². The van der Waals surface area contributed by atoms with Crippen molar-refractivity contribution in [2.75, 3.05) is 13.2 Å². The zero-order valence-electron chi connectivity index (χ0n) is 18.7. The molecule has 1 atom stereocenters. The van der Waals surface area contributed by atoms with Crippen LogP contribution in [0.1, 0.15) is 103 Å². The number of ether oxygens (including phenoxy) is 1. The molecule has 0 aliphatic rings. The first kappa shape index (κ1) is 29.3. The average molecular weight is 451 g/mol. The summed E-state index contributed by atoms with van der Waals surface area (Å²) in [4.78, 5) is 28.6. The first-order valence-electron chi connectivity index (χ1n) is 11.5. The molecule has 0 aromatic heterocycles. The highest BCUT2D eigenvalue weighted by molar-refractivity contribution is 7.46. The quantitative estimate of drug-likeness (QED) is 0.0925. The molecule has 8 heteroatoms. The standard InChI is InChI=1S/C22H43O7P/c1-2-3-4-5-6-7-8-9-10-11-12-13-14-15-16-17-18-22(24)28-19-21(23)20-29-30(25,26)27/h10-11,21,23H,2-9,12-20H2,1H3,(H2,25,26,27)/b11-10-/t21-/m1/s1. The molecule has 0 unspecified atom stereocenters. The first-order chi connectivity index (χ1) is 14.3. The molecule has 0 radical (unpaired) electrons. The van der Waals surface area contributed by atoms with Gasteiger partial charge in [0.05, 0.1) is 6.61 Å². The summed E-state index contributed by atoms with van der Waals surface area (Å²) in [6.45, 7) is 1.34. The van der Waals surface area contributed by atoms with Crippen LogP contribution in [0.2, 0.25) is 0 Å². The highest BCUT2D eigenvalue weighted by Crippen LogP contribution is 2.35. The lowest BCUT2D eigenvalue weighted by molar-refractivity contribution is -0.147. The van der Waals surface area contributed by atoms with Crippen molar-refractivity contribution in [1.29, 1.82) is 0 Å². The van der Waals surface area contributed by atoms with Crippen LogP contribution >= 0.6 is 7.82 Å². The molecule has 30 heavy (non-hydrogen) atoms. The maximum atomic E-state index is 11.6. The summed E-state index contributed by atoms with van der Waals surface area (Å²) in [5.74, 6) is -0.418. The molecule has 7 nitrogen and oxygen atoms in total. The Morgan fingerprint density at radius 2 is 1.33 bits per heavy atom. The Bertz CT molecular complexity index is 476. The molecule has 0 amide bonds. The number of rotatable bonds is 21. The number of aliphatic hydroxyl groups excluding tert-OH is 1. The molecule has 0 bridgehead atoms. The summed E-state index contributed by atoms with van der Waals surface area (Å²) in [6, 6.07) is 0. The van der Waals surface area contributed by atoms with Crippen molar-refractivity contribution in [2.24, 2.45) is 0 Å². The van der Waals surface area contributed by atoms with Gasteiger partial charge in [-0.1, -0.05) is 76.9 Å². The highest BCUT2D eigenvalue weighted by Gasteiger charge is 2.17. The summed E-state index contributed by atoms with van der Waals surface area (Å²) in [5.41, 5.74) is 0. The third kappa shape index (κ3) is 23.6. The largest absolute Gasteiger partial charge is 0.469 e. The molecule has 0 saturated carbocycles. The van der Waals surface area contributed by atoms with Gasteiger partial charge < -0.3 is 19.6 Å². The van der Waals surface area contributed by atoms with Gasteiger partial charge in [0, 0.05) is 6.42 Å². The molecule has 3 N–H and O–H groups in total. The Morgan fingerprint density at radius 1 is 0.833 bits per heavy atom. The number of phosphoric ester groups is 1. The van der Waals surface area contributed by atoms with Gasteiger partial charge >= 0.3 is 13.8 Å². The van der Waals surface area contributed by atoms with Crippen LogP contribution in [0.4, 0.5) is 0 Å². The second kappa shape index (κ2) is 20.2. The molecule has 0 aromatic carbocycles. The van der Waals surface area contributed by atoms with Crippen molar-refractivity contribution < 1.29 is 33.5 Å². The average Bonchev–Trinajstić information content (AvgIpc) is 2.69. The minimum absolute atomic E-state index is 0.282. The molecule has 0 aliphatic carbocycles. The lowest BCUT2D eigenvalue weighted by Crippen LogP contribution is -2.23. The highest BCUT2D eigenvalue weighted by atomic mass is 31.2. The van der Waals surface area contributed by atoms with Crippen molar-refractivity contribution in [3.05, 3.63) is 12.2 Å². The van der Waals surface area contributed by atoms with E-state index in [0.717, 1.165) is 32.1 Å². The van der Waals surface area contributed by atoms with Gasteiger partial charge in [0.15, 0.2) is 0 Å². The Morgan fingerprint density at radius 3 is 1.87 bits per heavy atom. The second-order valence-electron chi connectivity index (χ2n) is 7.81. The Kier molecular flexibility index (Phi) is 19.7. The normalized spacial score (nSPS) is 13.1. The van der Waals surface area contributed by atoms with Crippen molar-refractivity contribution in [3.63, 3.8) is 0 Å². The minimum atomic E-state index is -4.62. The van der Waals surface area contributed by atoms with Crippen LogP contribution in [0.3, 0.4) is 0 Å². The van der Waals surface area contributed by atoms with Crippen molar-refractivity contribution in [1.82, 2.24) is 0 Å². The minimum Gasteiger partial charge on any atom is -0.463 e. The summed E-state index contributed by atoms with van der Waals surface area (Å²) in [7, 11) is -4.62. The molecular formula is C22H43O7P. The lowest BCUT2D eigenvalue weighted by Gasteiger charge is -2.12. The van der Waals surface area contributed by atoms with Crippen molar-refractivity contribution in [3.8, 4) is 0 Å². The predicted octanol–water partition coefficient (Wildman–Crippen LogP) is 5.43. The van der Waals surface area contributed by atoms with Crippen LogP contribution in [0, 0.1) is 0 Å². The van der Waals surface area contributed by atoms with Crippen LogP contribution in [0.5, 0.6) is 0 Å². The number of carbonyl (C=O) groups is 1. The number of hydrogen-bond acceptors (Lipinski definition) is 5. The summed E-state index contributed by atoms with van der Waals surface area (Å²) in [6.07, 6.45) is 20.5. The summed E-state index contributed by atoms with van der Waals surface area (Å²) in [5, 5.41) is 9.42. The van der Waals surface area contributed by atoms with E-state index in [1.165, 1.54) is 57.8 Å². The van der Waals surface area contributed by atoms with E-state index in [9.17, 15) is 14.5 Å². The summed E-state index contributed by atoms with van der Waals surface area (Å²) < 4.78 is 19.5. The maximum Gasteiger partial charge on any atom is 0.469 e. The number of unbranched alkanes of at least 4 members (excludes halogenated alkanes) is 12. The Labute approximate surface area is 182 Å². The second-order valence-corrected chi connectivity index (χ2v) is 9.05. The van der Waals surface area contributed by atoms with Gasteiger partial charge in [0.1, 0.15) is 12.7 Å². The monoisotopic (exact) mass is 450 g/mol. The molecule has 0 spiro atoms. The zero-order chi connectivity index (χ0) is 22.5. The van der Waals surface area contributed by atoms with Gasteiger partial charge in [0.2, 0.25) is 0 Å². The molecule has 0 rings (SSSR count).